The molecule has 0 saturated heterocycles. The molecule has 146 valence electrons. The second-order valence-corrected chi connectivity index (χ2v) is 9.99. The zero-order valence-electron chi connectivity index (χ0n) is 16.7. The van der Waals surface area contributed by atoms with Gasteiger partial charge in [-0.2, -0.15) is 0 Å². The Hall–Kier alpha value is -1.49. The van der Waals surface area contributed by atoms with Crippen LogP contribution in [0, 0.1) is 35.0 Å². The number of nitrogens with zero attached hydrogens (tertiary/aromatic N) is 3. The highest BCUT2D eigenvalue weighted by Gasteiger charge is 2.64. The quantitative estimate of drug-likeness (QED) is 0.824. The number of fused-ring (bicyclic) bond motifs is 5. The summed E-state index contributed by atoms with van der Waals surface area (Å²) in [6.07, 6.45) is 10.7. The molecule has 5 rings (SSSR count). The summed E-state index contributed by atoms with van der Waals surface area (Å²) in [6, 6.07) is 0. The monoisotopic (exact) mass is 369 g/mol. The maximum atomic E-state index is 11.9. The number of hydrogen-bond acceptors (Lipinski definition) is 4. The van der Waals surface area contributed by atoms with E-state index in [1.54, 1.807) is 4.68 Å². The molecule has 1 heterocycles. The van der Waals surface area contributed by atoms with Crippen molar-refractivity contribution >= 4 is 5.78 Å². The Morgan fingerprint density at radius 2 is 2.07 bits per heavy atom. The molecule has 4 aliphatic rings. The van der Waals surface area contributed by atoms with Crippen molar-refractivity contribution in [3.63, 3.8) is 0 Å². The van der Waals surface area contributed by atoms with Crippen molar-refractivity contribution in [3.8, 4) is 0 Å². The average Bonchev–Trinajstić information content (AvgIpc) is 3.17. The molecule has 0 aliphatic heterocycles. The van der Waals surface area contributed by atoms with Gasteiger partial charge < -0.3 is 5.11 Å². The molecular formula is C22H31N3O2. The van der Waals surface area contributed by atoms with Crippen LogP contribution in [0.3, 0.4) is 0 Å². The van der Waals surface area contributed by atoms with E-state index in [1.165, 1.54) is 5.57 Å². The first-order valence-electron chi connectivity index (χ1n) is 10.7. The normalized spacial score (nSPS) is 46.4. The average molecular weight is 370 g/mol. The molecule has 0 amide bonds. The van der Waals surface area contributed by atoms with Crippen molar-refractivity contribution in [2.45, 2.75) is 64.4 Å². The van der Waals surface area contributed by atoms with Gasteiger partial charge in [0.15, 0.2) is 5.78 Å². The van der Waals surface area contributed by atoms with Crippen molar-refractivity contribution in [3.05, 3.63) is 23.5 Å². The Morgan fingerprint density at radius 1 is 1.26 bits per heavy atom. The van der Waals surface area contributed by atoms with Gasteiger partial charge in [-0.15, -0.1) is 5.10 Å². The molecule has 27 heavy (non-hydrogen) atoms. The third-order valence-electron chi connectivity index (χ3n) is 8.82. The largest absolute Gasteiger partial charge is 0.383 e. The lowest BCUT2D eigenvalue weighted by molar-refractivity contribution is -0.134. The van der Waals surface area contributed by atoms with Gasteiger partial charge in [0.2, 0.25) is 0 Å². The second-order valence-electron chi connectivity index (χ2n) is 9.99. The highest BCUT2D eigenvalue weighted by Crippen LogP contribution is 2.68. The van der Waals surface area contributed by atoms with E-state index < -0.39 is 5.60 Å². The van der Waals surface area contributed by atoms with E-state index in [4.69, 9.17) is 0 Å². The van der Waals surface area contributed by atoms with Crippen molar-refractivity contribution in [2.24, 2.45) is 42.1 Å². The zero-order chi connectivity index (χ0) is 19.0. The van der Waals surface area contributed by atoms with Crippen LogP contribution in [0.4, 0.5) is 0 Å². The van der Waals surface area contributed by atoms with Gasteiger partial charge in [-0.05, 0) is 74.2 Å². The summed E-state index contributed by atoms with van der Waals surface area (Å²) in [6.45, 7) is 4.68. The van der Waals surface area contributed by atoms with Crippen molar-refractivity contribution in [1.29, 1.82) is 0 Å². The van der Waals surface area contributed by atoms with Gasteiger partial charge in [0.25, 0.3) is 0 Å². The Kier molecular flexibility index (Phi) is 3.75. The van der Waals surface area contributed by atoms with Crippen LogP contribution < -0.4 is 0 Å². The predicted octanol–water partition coefficient (Wildman–Crippen LogP) is 3.39. The van der Waals surface area contributed by atoms with E-state index in [0.29, 0.717) is 35.4 Å². The fraction of sp³-hybridized carbons (Fsp3) is 0.773. The van der Waals surface area contributed by atoms with Crippen LogP contribution >= 0.6 is 0 Å². The molecule has 5 heteroatoms. The van der Waals surface area contributed by atoms with Crippen LogP contribution in [0.25, 0.3) is 0 Å². The summed E-state index contributed by atoms with van der Waals surface area (Å²) in [5.74, 6) is 3.35. The van der Waals surface area contributed by atoms with Gasteiger partial charge in [0.05, 0.1) is 6.20 Å². The summed E-state index contributed by atoms with van der Waals surface area (Å²) in [7, 11) is 1.87. The van der Waals surface area contributed by atoms with Crippen LogP contribution in [0.15, 0.2) is 17.8 Å². The Balaban J connectivity index is 1.51. The number of aromatic nitrogens is 3. The van der Waals surface area contributed by atoms with Crippen LogP contribution in [-0.4, -0.2) is 25.9 Å². The third-order valence-corrected chi connectivity index (χ3v) is 8.82. The zero-order valence-corrected chi connectivity index (χ0v) is 16.7. The maximum Gasteiger partial charge on any atom is 0.155 e. The van der Waals surface area contributed by atoms with Gasteiger partial charge in [-0.1, -0.05) is 24.6 Å². The van der Waals surface area contributed by atoms with Gasteiger partial charge in [-0.3, -0.25) is 9.48 Å². The first-order chi connectivity index (χ1) is 12.8. The lowest BCUT2D eigenvalue weighted by Crippen LogP contribution is -2.53. The number of aryl methyl sites for hydroxylation is 1. The van der Waals surface area contributed by atoms with Gasteiger partial charge in [0.1, 0.15) is 11.3 Å². The number of ketones is 1. The first-order valence-corrected chi connectivity index (χ1v) is 10.7. The molecule has 1 aromatic rings. The molecule has 0 radical (unpaired) electrons. The molecule has 5 nitrogen and oxygen atoms in total. The van der Waals surface area contributed by atoms with E-state index in [-0.39, 0.29) is 5.41 Å². The van der Waals surface area contributed by atoms with Crippen LogP contribution in [0.5, 0.6) is 0 Å². The Bertz CT molecular complexity index is 814. The predicted molar refractivity (Wildman–Crippen MR) is 102 cm³/mol. The molecule has 0 spiro atoms. The van der Waals surface area contributed by atoms with Crippen molar-refractivity contribution in [1.82, 2.24) is 15.0 Å². The highest BCUT2D eigenvalue weighted by atomic mass is 16.3. The molecule has 4 unspecified atom stereocenters. The van der Waals surface area contributed by atoms with Gasteiger partial charge in [-0.25, -0.2) is 0 Å². The molecule has 1 aromatic heterocycles. The molecule has 4 aliphatic carbocycles. The standard InChI is InChI=1S/C22H31N3O2/c1-13-10-14-11-15(26)4-5-16(14)17-6-8-21(2)18(20(13)17)7-9-22(21,27)19-12-25(3)24-23-19/h11-13,16-18,20,27H,4-10H2,1-3H3/t13-,16?,17?,18?,20?,21+,22-/m1/s1. The van der Waals surface area contributed by atoms with Gasteiger partial charge in [0, 0.05) is 18.9 Å². The summed E-state index contributed by atoms with van der Waals surface area (Å²) < 4.78 is 1.70. The smallest absolute Gasteiger partial charge is 0.155 e. The maximum absolute atomic E-state index is 11.9. The topological polar surface area (TPSA) is 68.0 Å². The van der Waals surface area contributed by atoms with E-state index in [1.807, 2.05) is 19.3 Å². The summed E-state index contributed by atoms with van der Waals surface area (Å²) in [4.78, 5) is 11.9. The molecule has 1 N–H and O–H groups in total. The van der Waals surface area contributed by atoms with Crippen molar-refractivity contribution in [2.75, 3.05) is 0 Å². The number of hydrogen-bond donors (Lipinski definition) is 1. The number of carbonyl (C=O) groups is 1. The van der Waals surface area contributed by atoms with E-state index in [0.717, 1.165) is 50.6 Å². The fourth-order valence-electron chi connectivity index (χ4n) is 7.56. The minimum absolute atomic E-state index is 0.135. The molecule has 0 bridgehead atoms. The lowest BCUT2D eigenvalue weighted by atomic mass is 9.48. The Labute approximate surface area is 161 Å². The minimum Gasteiger partial charge on any atom is -0.383 e. The fourth-order valence-corrected chi connectivity index (χ4v) is 7.56. The summed E-state index contributed by atoms with van der Waals surface area (Å²) in [5, 5.41) is 20.2. The van der Waals surface area contributed by atoms with E-state index >= 15 is 0 Å². The first kappa shape index (κ1) is 17.6. The minimum atomic E-state index is -0.866. The Morgan fingerprint density at radius 3 is 2.81 bits per heavy atom. The van der Waals surface area contributed by atoms with Crippen LogP contribution in [0.1, 0.15) is 64.5 Å². The van der Waals surface area contributed by atoms with E-state index in [9.17, 15) is 9.90 Å². The number of aliphatic hydroxyl groups is 1. The van der Waals surface area contributed by atoms with Crippen LogP contribution in [0.2, 0.25) is 0 Å². The summed E-state index contributed by atoms with van der Waals surface area (Å²) >= 11 is 0. The van der Waals surface area contributed by atoms with E-state index in [2.05, 4.69) is 24.2 Å². The van der Waals surface area contributed by atoms with Crippen LogP contribution in [-0.2, 0) is 17.4 Å². The number of allylic oxidation sites excluding steroid dienone is 1. The molecule has 0 aromatic carbocycles. The van der Waals surface area contributed by atoms with Gasteiger partial charge >= 0.3 is 0 Å². The SMILES string of the molecule is C[C@@H]1CC2=CC(=O)CCC2C2CC[C@@]3(C)C(CC[C@@]3(O)c3cn(C)nn3)C21. The molecule has 3 fully saturated rings. The number of carbonyl (C=O) groups excluding carboxylic acids is 1. The molecule has 7 atom stereocenters. The lowest BCUT2D eigenvalue weighted by Gasteiger charge is -2.57. The summed E-state index contributed by atoms with van der Waals surface area (Å²) in [5.41, 5.74) is 1.17. The molecular weight excluding hydrogens is 338 g/mol. The highest BCUT2D eigenvalue weighted by molar-refractivity contribution is 5.91. The van der Waals surface area contributed by atoms with Crippen molar-refractivity contribution < 1.29 is 9.90 Å². The number of rotatable bonds is 1. The third kappa shape index (κ3) is 2.30. The second kappa shape index (κ2) is 5.76. The molecule has 3 saturated carbocycles.